The highest BCUT2D eigenvalue weighted by atomic mass is 16.7. The van der Waals surface area contributed by atoms with Crippen molar-refractivity contribution in [1.29, 1.82) is 0 Å². The first-order valence-corrected chi connectivity index (χ1v) is 8.81. The van der Waals surface area contributed by atoms with Crippen molar-refractivity contribution in [3.8, 4) is 0 Å². The van der Waals surface area contributed by atoms with Crippen molar-refractivity contribution in [3.63, 3.8) is 0 Å². The van der Waals surface area contributed by atoms with Crippen molar-refractivity contribution in [2.75, 3.05) is 26.4 Å². The van der Waals surface area contributed by atoms with Crippen molar-refractivity contribution in [1.82, 2.24) is 0 Å². The number of carbonyl (C=O) groups excluding carboxylic acids is 2. The van der Waals surface area contributed by atoms with E-state index in [1.807, 2.05) is 0 Å². The van der Waals surface area contributed by atoms with Gasteiger partial charge in [-0.1, -0.05) is 19.3 Å². The van der Waals surface area contributed by atoms with Crippen LogP contribution in [0.15, 0.2) is 0 Å². The number of ether oxygens (including phenoxy) is 4. The Labute approximate surface area is 157 Å². The molecule has 0 rings (SSSR count). The largest absolute Gasteiger partial charge is 0.508 e. The van der Waals surface area contributed by atoms with Gasteiger partial charge < -0.3 is 29.2 Å². The van der Waals surface area contributed by atoms with Crippen molar-refractivity contribution >= 4 is 24.2 Å². The second-order valence-corrected chi connectivity index (χ2v) is 5.84. The van der Waals surface area contributed by atoms with Crippen molar-refractivity contribution < 1.29 is 48.3 Å². The van der Waals surface area contributed by atoms with E-state index in [9.17, 15) is 24.3 Å². The van der Waals surface area contributed by atoms with Gasteiger partial charge in [0.05, 0.1) is 13.2 Å². The molecular formula is C17H28O10. The van der Waals surface area contributed by atoms with E-state index in [2.05, 4.69) is 9.47 Å². The quantitative estimate of drug-likeness (QED) is 0.334. The van der Waals surface area contributed by atoms with Crippen molar-refractivity contribution in [2.45, 2.75) is 52.4 Å². The van der Waals surface area contributed by atoms with Crippen LogP contribution in [-0.4, -0.2) is 60.9 Å². The summed E-state index contributed by atoms with van der Waals surface area (Å²) in [4.78, 5) is 45.1. The van der Waals surface area contributed by atoms with Gasteiger partial charge >= 0.3 is 24.2 Å². The zero-order chi connectivity index (χ0) is 20.7. The Morgan fingerprint density at radius 3 is 1.63 bits per heavy atom. The lowest BCUT2D eigenvalue weighted by atomic mass is 9.84. The Bertz CT molecular complexity index is 466. The third kappa shape index (κ3) is 10.9. The minimum atomic E-state index is -1.65. The van der Waals surface area contributed by atoms with E-state index in [0.717, 1.165) is 0 Å². The van der Waals surface area contributed by atoms with Crippen LogP contribution in [0.2, 0.25) is 0 Å². The first-order chi connectivity index (χ1) is 12.8. The molecule has 0 saturated heterocycles. The molecule has 0 saturated carbocycles. The molecule has 0 aromatic heterocycles. The average molecular weight is 392 g/mol. The first kappa shape index (κ1) is 24.5. The van der Waals surface area contributed by atoms with Crippen LogP contribution in [0.3, 0.4) is 0 Å². The number of carboxylic acid groups (broad SMARTS) is 2. The molecule has 0 fully saturated rings. The lowest BCUT2D eigenvalue weighted by molar-refractivity contribution is -0.156. The number of hydrogen-bond donors (Lipinski definition) is 2. The predicted molar refractivity (Wildman–Crippen MR) is 91.4 cm³/mol. The van der Waals surface area contributed by atoms with E-state index in [-0.39, 0.29) is 26.1 Å². The zero-order valence-electron chi connectivity index (χ0n) is 15.7. The Morgan fingerprint density at radius 1 is 0.741 bits per heavy atom. The Hall–Kier alpha value is -2.52. The molecule has 0 aromatic rings. The minimum Gasteiger partial charge on any atom is -0.481 e. The number of unbranched alkanes of at least 4 members (excludes halogenated alkanes) is 3. The lowest BCUT2D eigenvalue weighted by Gasteiger charge is -2.28. The van der Waals surface area contributed by atoms with Crippen LogP contribution in [0.5, 0.6) is 0 Å². The Kier molecular flexibility index (Phi) is 12.4. The summed E-state index contributed by atoms with van der Waals surface area (Å²) in [6, 6.07) is 0. The molecule has 10 heteroatoms. The topological polar surface area (TPSA) is 146 Å². The molecule has 10 nitrogen and oxygen atoms in total. The van der Waals surface area contributed by atoms with Gasteiger partial charge in [0, 0.05) is 6.42 Å². The number of hydrogen-bond acceptors (Lipinski definition) is 8. The Balaban J connectivity index is 4.84. The molecule has 0 spiro atoms. The fourth-order valence-corrected chi connectivity index (χ4v) is 2.22. The van der Waals surface area contributed by atoms with Gasteiger partial charge in [-0.05, 0) is 26.7 Å². The standard InChI is InChI=1S/C17H28O10/c1-3-24-15(22)26-11-17(14(20)21,12-27-16(23)25-4-2)10-8-6-5-7-9-13(18)19/h3-12H2,1-2H3,(H,18,19)(H,20,21). The van der Waals surface area contributed by atoms with Gasteiger partial charge in [-0.15, -0.1) is 0 Å². The van der Waals surface area contributed by atoms with Crippen LogP contribution in [0.25, 0.3) is 0 Å². The molecule has 156 valence electrons. The monoisotopic (exact) mass is 392 g/mol. The smallest absolute Gasteiger partial charge is 0.481 e. The molecule has 27 heavy (non-hydrogen) atoms. The number of rotatable bonds is 14. The lowest BCUT2D eigenvalue weighted by Crippen LogP contribution is -2.42. The molecule has 0 radical (unpaired) electrons. The Morgan fingerprint density at radius 2 is 1.22 bits per heavy atom. The maximum absolute atomic E-state index is 11.8. The second-order valence-electron chi connectivity index (χ2n) is 5.84. The third-order valence-electron chi connectivity index (χ3n) is 3.71. The summed E-state index contributed by atoms with van der Waals surface area (Å²) in [5.74, 6) is -2.18. The highest BCUT2D eigenvalue weighted by molar-refractivity contribution is 5.76. The van der Waals surface area contributed by atoms with Crippen molar-refractivity contribution in [2.24, 2.45) is 5.41 Å². The van der Waals surface area contributed by atoms with Gasteiger partial charge in [0.25, 0.3) is 0 Å². The summed E-state index contributed by atoms with van der Waals surface area (Å²) in [6.07, 6.45) is 0.177. The summed E-state index contributed by atoms with van der Waals surface area (Å²) in [7, 11) is 0. The molecule has 0 aliphatic rings. The van der Waals surface area contributed by atoms with E-state index in [0.29, 0.717) is 25.7 Å². The maximum atomic E-state index is 11.8. The van der Waals surface area contributed by atoms with Crippen LogP contribution in [0.4, 0.5) is 9.59 Å². The minimum absolute atomic E-state index is 0.0437. The summed E-state index contributed by atoms with van der Waals surface area (Å²) in [5, 5.41) is 18.2. The molecule has 0 aromatic carbocycles. The highest BCUT2D eigenvalue weighted by Gasteiger charge is 2.41. The van der Waals surface area contributed by atoms with Gasteiger partial charge in [0.2, 0.25) is 0 Å². The van der Waals surface area contributed by atoms with Crippen LogP contribution in [0.1, 0.15) is 52.4 Å². The van der Waals surface area contributed by atoms with Crippen LogP contribution < -0.4 is 0 Å². The van der Waals surface area contributed by atoms with E-state index < -0.39 is 42.9 Å². The summed E-state index contributed by atoms with van der Waals surface area (Å²) in [5.41, 5.74) is -1.65. The van der Waals surface area contributed by atoms with Gasteiger partial charge in [0.1, 0.15) is 18.6 Å². The molecule has 0 unspecified atom stereocenters. The molecular weight excluding hydrogens is 364 g/mol. The summed E-state index contributed by atoms with van der Waals surface area (Å²) >= 11 is 0. The van der Waals surface area contributed by atoms with Gasteiger partial charge in [-0.2, -0.15) is 0 Å². The van der Waals surface area contributed by atoms with E-state index >= 15 is 0 Å². The molecule has 0 amide bonds. The maximum Gasteiger partial charge on any atom is 0.508 e. The number of carboxylic acids is 2. The van der Waals surface area contributed by atoms with Gasteiger partial charge in [-0.25, -0.2) is 9.59 Å². The molecule has 0 heterocycles. The second kappa shape index (κ2) is 13.7. The van der Waals surface area contributed by atoms with Crippen molar-refractivity contribution in [3.05, 3.63) is 0 Å². The molecule has 0 aliphatic carbocycles. The molecule has 0 atom stereocenters. The molecule has 0 bridgehead atoms. The van der Waals surface area contributed by atoms with Crippen LogP contribution >= 0.6 is 0 Å². The summed E-state index contributed by atoms with van der Waals surface area (Å²) < 4.78 is 19.0. The number of carbonyl (C=O) groups is 4. The molecule has 0 aliphatic heterocycles. The SMILES string of the molecule is CCOC(=O)OCC(CCCCCCC(=O)O)(COC(=O)OCC)C(=O)O. The summed E-state index contributed by atoms with van der Waals surface area (Å²) in [6.45, 7) is 2.23. The number of aliphatic carboxylic acids is 2. The average Bonchev–Trinajstić information content (AvgIpc) is 2.59. The van der Waals surface area contributed by atoms with Gasteiger partial charge in [-0.3, -0.25) is 9.59 Å². The normalized spacial score (nSPS) is 10.7. The fourth-order valence-electron chi connectivity index (χ4n) is 2.22. The zero-order valence-corrected chi connectivity index (χ0v) is 15.7. The highest BCUT2D eigenvalue weighted by Crippen LogP contribution is 2.28. The first-order valence-electron chi connectivity index (χ1n) is 8.81. The third-order valence-corrected chi connectivity index (χ3v) is 3.71. The fraction of sp³-hybridized carbons (Fsp3) is 0.765. The van der Waals surface area contributed by atoms with E-state index in [1.54, 1.807) is 13.8 Å². The van der Waals surface area contributed by atoms with Crippen LogP contribution in [-0.2, 0) is 28.5 Å². The predicted octanol–water partition coefficient (Wildman–Crippen LogP) is 2.83. The molecule has 2 N–H and O–H groups in total. The van der Waals surface area contributed by atoms with E-state index in [1.165, 1.54) is 0 Å². The van der Waals surface area contributed by atoms with E-state index in [4.69, 9.17) is 14.6 Å². The van der Waals surface area contributed by atoms with Gasteiger partial charge in [0.15, 0.2) is 0 Å². The van der Waals surface area contributed by atoms with Crippen LogP contribution in [0, 0.1) is 5.41 Å².